The fourth-order valence-corrected chi connectivity index (χ4v) is 4.39. The summed E-state index contributed by atoms with van der Waals surface area (Å²) in [5.41, 5.74) is 5.49. The van der Waals surface area contributed by atoms with Gasteiger partial charge in [-0.3, -0.25) is 9.97 Å². The average Bonchev–Trinajstić information content (AvgIpc) is 3.32. The molecule has 3 heterocycles. The van der Waals surface area contributed by atoms with Crippen molar-refractivity contribution in [2.24, 2.45) is 0 Å². The van der Waals surface area contributed by atoms with Crippen molar-refractivity contribution in [3.63, 3.8) is 0 Å². The fourth-order valence-electron chi connectivity index (χ4n) is 4.10. The summed E-state index contributed by atoms with van der Waals surface area (Å²) in [5, 5.41) is 6.34. The number of anilines is 1. The molecule has 2 N–H and O–H groups in total. The van der Waals surface area contributed by atoms with Crippen LogP contribution in [0.5, 0.6) is 0 Å². The molecule has 34 heavy (non-hydrogen) atoms. The van der Waals surface area contributed by atoms with Crippen LogP contribution in [0.4, 0.5) is 10.5 Å². The van der Waals surface area contributed by atoms with E-state index in [4.69, 9.17) is 11.6 Å². The molecule has 2 aromatic heterocycles. The molecule has 178 valence electrons. The third kappa shape index (κ3) is 6.13. The first-order valence-corrected chi connectivity index (χ1v) is 12.2. The molecule has 0 saturated carbocycles. The predicted molar refractivity (Wildman–Crippen MR) is 139 cm³/mol. The number of nitrogens with one attached hydrogen (secondary N) is 2. The molecule has 0 aliphatic carbocycles. The highest BCUT2D eigenvalue weighted by Gasteiger charge is 2.16. The van der Waals surface area contributed by atoms with Gasteiger partial charge in [0.05, 0.1) is 5.02 Å². The third-order valence-corrected chi connectivity index (χ3v) is 6.36. The van der Waals surface area contributed by atoms with Gasteiger partial charge in [-0.1, -0.05) is 38.4 Å². The molecule has 1 aromatic carbocycles. The number of aromatic nitrogens is 2. The number of urea groups is 1. The number of pyridine rings is 2. The fraction of sp³-hybridized carbons (Fsp3) is 0.370. The average molecular weight is 478 g/mol. The highest BCUT2D eigenvalue weighted by Crippen LogP contribution is 2.33. The summed E-state index contributed by atoms with van der Waals surface area (Å²) < 4.78 is 0. The molecule has 1 aliphatic heterocycles. The minimum atomic E-state index is -0.223. The predicted octanol–water partition coefficient (Wildman–Crippen LogP) is 5.98. The summed E-state index contributed by atoms with van der Waals surface area (Å²) in [6.07, 6.45) is 7.98. The van der Waals surface area contributed by atoms with Gasteiger partial charge in [0.25, 0.3) is 0 Å². The van der Waals surface area contributed by atoms with Crippen molar-refractivity contribution in [3.8, 4) is 22.3 Å². The Labute approximate surface area is 206 Å². The van der Waals surface area contributed by atoms with E-state index >= 15 is 0 Å². The van der Waals surface area contributed by atoms with Crippen LogP contribution < -0.4 is 10.6 Å². The lowest BCUT2D eigenvalue weighted by atomic mass is 9.90. The number of hydrogen-bond donors (Lipinski definition) is 2. The lowest BCUT2D eigenvalue weighted by Crippen LogP contribution is -2.35. The van der Waals surface area contributed by atoms with Crippen molar-refractivity contribution in [2.45, 2.75) is 39.0 Å². The second kappa shape index (κ2) is 10.5. The number of nitrogens with zero attached hydrogens (tertiary/aromatic N) is 3. The van der Waals surface area contributed by atoms with Crippen molar-refractivity contribution in [3.05, 3.63) is 65.7 Å². The number of carbonyl (C=O) groups excluding carboxylic acids is 1. The Morgan fingerprint density at radius 2 is 1.79 bits per heavy atom. The molecule has 0 unspecified atom stereocenters. The van der Waals surface area contributed by atoms with E-state index < -0.39 is 0 Å². The molecule has 0 radical (unpaired) electrons. The van der Waals surface area contributed by atoms with Gasteiger partial charge in [0.15, 0.2) is 0 Å². The number of carbonyl (C=O) groups is 1. The molecule has 1 fully saturated rings. The van der Waals surface area contributed by atoms with Crippen molar-refractivity contribution in [1.82, 2.24) is 20.2 Å². The van der Waals surface area contributed by atoms with Crippen LogP contribution in [0.2, 0.25) is 5.02 Å². The Morgan fingerprint density at radius 3 is 2.53 bits per heavy atom. The summed E-state index contributed by atoms with van der Waals surface area (Å²) in [6.45, 7) is 10.2. The third-order valence-electron chi connectivity index (χ3n) is 6.05. The molecule has 1 aliphatic rings. The summed E-state index contributed by atoms with van der Waals surface area (Å²) in [7, 11) is 0. The Kier molecular flexibility index (Phi) is 7.49. The highest BCUT2D eigenvalue weighted by molar-refractivity contribution is 6.33. The molecule has 0 atom stereocenters. The normalized spacial score (nSPS) is 14.2. The maximum absolute atomic E-state index is 12.3. The number of halogens is 1. The van der Waals surface area contributed by atoms with Crippen LogP contribution in [0.1, 0.15) is 39.3 Å². The quantitative estimate of drug-likeness (QED) is 0.458. The molecular weight excluding hydrogens is 446 g/mol. The van der Waals surface area contributed by atoms with Crippen LogP contribution in [0, 0.1) is 0 Å². The Morgan fingerprint density at radius 1 is 1.03 bits per heavy atom. The van der Waals surface area contributed by atoms with Gasteiger partial charge in [0.1, 0.15) is 0 Å². The minimum Gasteiger partial charge on any atom is -0.337 e. The second-order valence-corrected chi connectivity index (χ2v) is 10.2. The molecule has 4 rings (SSSR count). The molecular formula is C27H32ClN5O. The zero-order valence-corrected chi connectivity index (χ0v) is 20.8. The molecule has 0 spiro atoms. The summed E-state index contributed by atoms with van der Waals surface area (Å²) in [5.74, 6) is 0. The van der Waals surface area contributed by atoms with Crippen molar-refractivity contribution >= 4 is 23.3 Å². The van der Waals surface area contributed by atoms with Crippen LogP contribution in [0.3, 0.4) is 0 Å². The number of hydrogen-bond acceptors (Lipinski definition) is 4. The monoisotopic (exact) mass is 477 g/mol. The van der Waals surface area contributed by atoms with Crippen molar-refractivity contribution < 1.29 is 4.79 Å². The van der Waals surface area contributed by atoms with E-state index in [1.165, 1.54) is 12.8 Å². The number of amides is 2. The largest absolute Gasteiger partial charge is 0.337 e. The molecule has 3 aromatic rings. The number of likely N-dealkylation sites (tertiary alicyclic amines) is 1. The van der Waals surface area contributed by atoms with E-state index in [1.807, 2.05) is 30.6 Å². The smallest absolute Gasteiger partial charge is 0.319 e. The zero-order valence-electron chi connectivity index (χ0n) is 20.1. The van der Waals surface area contributed by atoms with E-state index in [0.717, 1.165) is 47.6 Å². The van der Waals surface area contributed by atoms with E-state index in [0.29, 0.717) is 17.3 Å². The van der Waals surface area contributed by atoms with E-state index in [1.54, 1.807) is 12.3 Å². The maximum atomic E-state index is 12.3. The first-order chi connectivity index (χ1) is 16.3. The van der Waals surface area contributed by atoms with Crippen molar-refractivity contribution in [2.75, 3.05) is 31.5 Å². The first-order valence-electron chi connectivity index (χ1n) is 11.8. The molecule has 1 saturated heterocycles. The second-order valence-electron chi connectivity index (χ2n) is 9.77. The standard InChI is InChI=1S/C27H32ClN5O/c1-27(2,3)25-15-19(8-9-30-25)20-14-21(18-29-17-20)23-7-6-22(16-24(23)28)32-26(34)31-10-13-33-11-4-5-12-33/h6-9,14-18H,4-5,10-13H2,1-3H3,(H2,31,32,34). The van der Waals surface area contributed by atoms with Gasteiger partial charge in [-0.15, -0.1) is 0 Å². The molecule has 7 heteroatoms. The Balaban J connectivity index is 1.44. The molecule has 6 nitrogen and oxygen atoms in total. The van der Waals surface area contributed by atoms with Crippen LogP contribution in [0.25, 0.3) is 22.3 Å². The maximum Gasteiger partial charge on any atom is 0.319 e. The molecule has 2 amide bonds. The van der Waals surface area contributed by atoms with Crippen LogP contribution >= 0.6 is 11.6 Å². The van der Waals surface area contributed by atoms with Crippen LogP contribution in [-0.2, 0) is 5.41 Å². The Hall–Kier alpha value is -2.96. The van der Waals surface area contributed by atoms with Crippen LogP contribution in [-0.4, -0.2) is 47.1 Å². The lowest BCUT2D eigenvalue weighted by molar-refractivity contribution is 0.249. The summed E-state index contributed by atoms with van der Waals surface area (Å²) >= 11 is 6.61. The van der Waals surface area contributed by atoms with Gasteiger partial charge >= 0.3 is 6.03 Å². The SMILES string of the molecule is CC(C)(C)c1cc(-c2cncc(-c3ccc(NC(=O)NCCN4CCCC4)cc3Cl)c2)ccn1. The first kappa shape index (κ1) is 24.2. The van der Waals surface area contributed by atoms with Gasteiger partial charge in [0, 0.05) is 65.2 Å². The van der Waals surface area contributed by atoms with E-state index in [2.05, 4.69) is 58.4 Å². The summed E-state index contributed by atoms with van der Waals surface area (Å²) in [6, 6.07) is 11.5. The Bertz CT molecular complexity index is 1150. The van der Waals surface area contributed by atoms with E-state index in [-0.39, 0.29) is 11.4 Å². The van der Waals surface area contributed by atoms with Gasteiger partial charge in [-0.05, 0) is 61.8 Å². The lowest BCUT2D eigenvalue weighted by Gasteiger charge is -2.18. The minimum absolute atomic E-state index is 0.0341. The highest BCUT2D eigenvalue weighted by atomic mass is 35.5. The number of rotatable bonds is 6. The van der Waals surface area contributed by atoms with Gasteiger partial charge < -0.3 is 15.5 Å². The van der Waals surface area contributed by atoms with E-state index in [9.17, 15) is 4.79 Å². The topological polar surface area (TPSA) is 70.2 Å². The van der Waals surface area contributed by atoms with Gasteiger partial charge in [-0.25, -0.2) is 4.79 Å². The van der Waals surface area contributed by atoms with Gasteiger partial charge in [-0.2, -0.15) is 0 Å². The molecule has 0 bridgehead atoms. The summed E-state index contributed by atoms with van der Waals surface area (Å²) in [4.78, 5) is 23.6. The van der Waals surface area contributed by atoms with Gasteiger partial charge in [0.2, 0.25) is 0 Å². The number of benzene rings is 1. The van der Waals surface area contributed by atoms with Crippen molar-refractivity contribution in [1.29, 1.82) is 0 Å². The van der Waals surface area contributed by atoms with Crippen LogP contribution in [0.15, 0.2) is 55.0 Å². The zero-order chi connectivity index (χ0) is 24.1.